The van der Waals surface area contributed by atoms with Crippen molar-refractivity contribution in [1.29, 1.82) is 0 Å². The van der Waals surface area contributed by atoms with Crippen LogP contribution >= 0.6 is 0 Å². The molecular weight excluding hydrogens is 534 g/mol. The maximum absolute atomic E-state index is 6.29. The topological polar surface area (TPSA) is 14.2 Å². The maximum Gasteiger partial charge on any atom is 0.152 e. The Morgan fingerprint density at radius 2 is 0.841 bits per heavy atom. The highest BCUT2D eigenvalue weighted by atomic mass is 16.5. The van der Waals surface area contributed by atoms with Crippen LogP contribution in [0.1, 0.15) is 0 Å². The van der Waals surface area contributed by atoms with Gasteiger partial charge in [0.15, 0.2) is 11.5 Å². The first kappa shape index (κ1) is 24.7. The van der Waals surface area contributed by atoms with Crippen molar-refractivity contribution in [3.8, 4) is 61.7 Å². The van der Waals surface area contributed by atoms with Crippen LogP contribution in [0.5, 0.6) is 11.5 Å². The summed E-state index contributed by atoms with van der Waals surface area (Å²) in [6.07, 6.45) is 0. The fraction of sp³-hybridized carbons (Fsp3) is 0. The van der Waals surface area contributed by atoms with Gasteiger partial charge in [0.1, 0.15) is 0 Å². The normalized spacial score (nSPS) is 11.8. The lowest BCUT2D eigenvalue weighted by atomic mass is 9.95. The van der Waals surface area contributed by atoms with Crippen molar-refractivity contribution in [1.82, 2.24) is 4.57 Å². The Labute approximate surface area is 256 Å². The molecule has 0 N–H and O–H groups in total. The molecule has 0 unspecified atom stereocenters. The first-order chi connectivity index (χ1) is 21.8. The Balaban J connectivity index is 1.07. The van der Waals surface area contributed by atoms with Gasteiger partial charge in [-0.1, -0.05) is 121 Å². The first-order valence-corrected chi connectivity index (χ1v) is 15.0. The molecule has 206 valence electrons. The van der Waals surface area contributed by atoms with E-state index in [1.165, 1.54) is 60.8 Å². The number of aromatic nitrogens is 1. The first-order valence-electron chi connectivity index (χ1n) is 15.0. The van der Waals surface area contributed by atoms with Gasteiger partial charge < -0.3 is 9.30 Å². The molecule has 0 spiro atoms. The molecule has 1 aromatic heterocycles. The molecule has 2 nitrogen and oxygen atoms in total. The molecule has 0 bridgehead atoms. The molecule has 1 aliphatic rings. The second kappa shape index (κ2) is 9.86. The highest BCUT2D eigenvalue weighted by molar-refractivity contribution is 6.13. The number of benzene rings is 7. The monoisotopic (exact) mass is 561 g/mol. The summed E-state index contributed by atoms with van der Waals surface area (Å²) in [6.45, 7) is 0. The average molecular weight is 562 g/mol. The van der Waals surface area contributed by atoms with Crippen LogP contribution in [0.2, 0.25) is 0 Å². The van der Waals surface area contributed by atoms with Gasteiger partial charge in [-0.15, -0.1) is 0 Å². The van der Waals surface area contributed by atoms with Crippen LogP contribution in [0.3, 0.4) is 0 Å². The molecular formula is C42H27NO. The molecule has 9 rings (SSSR count). The predicted molar refractivity (Wildman–Crippen MR) is 183 cm³/mol. The fourth-order valence-electron chi connectivity index (χ4n) is 6.64. The third kappa shape index (κ3) is 3.96. The Morgan fingerprint density at radius 1 is 0.341 bits per heavy atom. The molecule has 2 heteroatoms. The molecule has 44 heavy (non-hydrogen) atoms. The van der Waals surface area contributed by atoms with E-state index in [9.17, 15) is 0 Å². The van der Waals surface area contributed by atoms with Gasteiger partial charge in [0.05, 0.1) is 16.7 Å². The molecule has 8 aromatic rings. The van der Waals surface area contributed by atoms with Crippen LogP contribution in [0, 0.1) is 0 Å². The third-order valence-corrected chi connectivity index (χ3v) is 8.79. The molecule has 0 radical (unpaired) electrons. The van der Waals surface area contributed by atoms with Crippen molar-refractivity contribution < 1.29 is 4.74 Å². The second-order valence-electron chi connectivity index (χ2n) is 11.4. The Kier molecular flexibility index (Phi) is 5.54. The lowest BCUT2D eigenvalue weighted by Crippen LogP contribution is -2.03. The van der Waals surface area contributed by atoms with Crippen molar-refractivity contribution in [2.24, 2.45) is 0 Å². The molecule has 0 saturated heterocycles. The van der Waals surface area contributed by atoms with E-state index in [0.29, 0.717) is 0 Å². The molecule has 2 heterocycles. The minimum Gasteiger partial charge on any atom is -0.453 e. The molecule has 7 aromatic carbocycles. The summed E-state index contributed by atoms with van der Waals surface area (Å²) in [4.78, 5) is 0. The summed E-state index contributed by atoms with van der Waals surface area (Å²) in [7, 11) is 0. The fourth-order valence-corrected chi connectivity index (χ4v) is 6.64. The van der Waals surface area contributed by atoms with Crippen LogP contribution in [0.15, 0.2) is 164 Å². The summed E-state index contributed by atoms with van der Waals surface area (Å²) >= 11 is 0. The van der Waals surface area contributed by atoms with Crippen molar-refractivity contribution in [3.63, 3.8) is 0 Å². The van der Waals surface area contributed by atoms with E-state index in [-0.39, 0.29) is 0 Å². The zero-order valence-corrected chi connectivity index (χ0v) is 23.9. The summed E-state index contributed by atoms with van der Waals surface area (Å²) in [5, 5.41) is 2.44. The van der Waals surface area contributed by atoms with E-state index >= 15 is 0 Å². The van der Waals surface area contributed by atoms with Crippen LogP contribution in [-0.4, -0.2) is 4.57 Å². The van der Waals surface area contributed by atoms with E-state index in [0.717, 1.165) is 22.7 Å². The Hall–Kier alpha value is -5.86. The van der Waals surface area contributed by atoms with Gasteiger partial charge in [-0.2, -0.15) is 0 Å². The van der Waals surface area contributed by atoms with Gasteiger partial charge >= 0.3 is 0 Å². The van der Waals surface area contributed by atoms with Crippen molar-refractivity contribution in [3.05, 3.63) is 164 Å². The van der Waals surface area contributed by atoms with Crippen LogP contribution in [0.25, 0.3) is 72.0 Å². The van der Waals surface area contributed by atoms with E-state index in [1.54, 1.807) is 0 Å². The number of hydrogen-bond acceptors (Lipinski definition) is 1. The van der Waals surface area contributed by atoms with Gasteiger partial charge in [-0.3, -0.25) is 0 Å². The number of hydrogen-bond donors (Lipinski definition) is 0. The molecule has 0 atom stereocenters. The van der Waals surface area contributed by atoms with Crippen LogP contribution in [-0.2, 0) is 0 Å². The number of nitrogens with zero attached hydrogens (tertiary/aromatic N) is 1. The number of rotatable bonds is 4. The van der Waals surface area contributed by atoms with Crippen molar-refractivity contribution in [2.75, 3.05) is 0 Å². The Morgan fingerprint density at radius 3 is 1.55 bits per heavy atom. The van der Waals surface area contributed by atoms with E-state index in [4.69, 9.17) is 4.74 Å². The van der Waals surface area contributed by atoms with Gasteiger partial charge in [-0.05, 0) is 87.0 Å². The molecule has 1 aliphatic heterocycles. The highest BCUT2D eigenvalue weighted by Crippen LogP contribution is 2.45. The summed E-state index contributed by atoms with van der Waals surface area (Å²) in [6, 6.07) is 58.5. The predicted octanol–water partition coefficient (Wildman–Crippen LogP) is 11.6. The van der Waals surface area contributed by atoms with Gasteiger partial charge in [-0.25, -0.2) is 0 Å². The minimum absolute atomic E-state index is 0.887. The van der Waals surface area contributed by atoms with Gasteiger partial charge in [0, 0.05) is 10.8 Å². The number of ether oxygens (including phenoxy) is 1. The zero-order valence-electron chi connectivity index (χ0n) is 23.9. The zero-order chi connectivity index (χ0) is 29.0. The van der Waals surface area contributed by atoms with E-state index in [2.05, 4.69) is 156 Å². The lowest BCUT2D eigenvalue weighted by Gasteiger charge is -2.20. The van der Waals surface area contributed by atoms with Crippen LogP contribution < -0.4 is 4.74 Å². The van der Waals surface area contributed by atoms with Crippen molar-refractivity contribution >= 4 is 21.8 Å². The number of fused-ring (bicyclic) bond motifs is 5. The minimum atomic E-state index is 0.887. The number of para-hydroxylation sites is 3. The molecule has 0 amide bonds. The molecule has 0 saturated carbocycles. The summed E-state index contributed by atoms with van der Waals surface area (Å²) < 4.78 is 8.63. The van der Waals surface area contributed by atoms with Gasteiger partial charge in [0.25, 0.3) is 0 Å². The maximum atomic E-state index is 6.29. The largest absolute Gasteiger partial charge is 0.453 e. The van der Waals surface area contributed by atoms with E-state index in [1.807, 2.05) is 12.1 Å². The van der Waals surface area contributed by atoms with Gasteiger partial charge in [0.2, 0.25) is 0 Å². The second-order valence-corrected chi connectivity index (χ2v) is 11.4. The highest BCUT2D eigenvalue weighted by Gasteiger charge is 2.23. The van der Waals surface area contributed by atoms with E-state index < -0.39 is 0 Å². The van der Waals surface area contributed by atoms with Crippen molar-refractivity contribution in [2.45, 2.75) is 0 Å². The SMILES string of the molecule is c1ccc(-c2cccc(-c3cccc(-c4ccc(-c5ccc6c(c5)c5cccc7c5n6-c5ccccc5O7)cc4)c3)c2)cc1. The molecule has 0 fully saturated rings. The average Bonchev–Trinajstić information content (AvgIpc) is 3.44. The standard InChI is InChI=1S/C42H27NO/c1-2-9-28(10-3-1)31-11-6-13-33(25-31)34-14-7-12-32(26-34)29-19-21-30(22-20-29)35-23-24-38-37(27-35)36-15-8-18-41-42(36)43(38)39-16-4-5-17-40(39)44-41/h1-27H. The third-order valence-electron chi connectivity index (χ3n) is 8.79. The van der Waals surface area contributed by atoms with Crippen LogP contribution in [0.4, 0.5) is 0 Å². The smallest absolute Gasteiger partial charge is 0.152 e. The quantitative estimate of drug-likeness (QED) is 0.208. The summed E-state index contributed by atoms with van der Waals surface area (Å²) in [5.74, 6) is 1.79. The lowest BCUT2D eigenvalue weighted by molar-refractivity contribution is 0.476. The Bertz CT molecular complexity index is 2350. The molecule has 0 aliphatic carbocycles. The summed E-state index contributed by atoms with van der Waals surface area (Å²) in [5.41, 5.74) is 13.1.